The fourth-order valence-electron chi connectivity index (χ4n) is 5.05. The van der Waals surface area contributed by atoms with Gasteiger partial charge in [0.25, 0.3) is 5.91 Å². The number of carbonyl (C=O) groups excluding carboxylic acids is 4. The van der Waals surface area contributed by atoms with Crippen LogP contribution in [0.3, 0.4) is 0 Å². The van der Waals surface area contributed by atoms with Crippen LogP contribution in [-0.4, -0.2) is 90.6 Å². The first-order chi connectivity index (χ1) is 18.2. The molecular weight excluding hydrogens is 482 g/mol. The molecule has 184 valence electrons. The lowest BCUT2D eigenvalue weighted by molar-refractivity contribution is -0.143. The summed E-state index contributed by atoms with van der Waals surface area (Å²) in [5.41, 5.74) is 2.57. The molecule has 0 aromatic heterocycles. The van der Waals surface area contributed by atoms with Crippen LogP contribution in [0.1, 0.15) is 45.8 Å². The third-order valence-corrected chi connectivity index (χ3v) is 7.17. The SMILES string of the molecule is [B]c1cc(C([B])N2CCOCC2=O)c([B])c([B])c1COc1cccc2c1CN(C1CCC(=O)NC1=O)C2=O. The number of piperidine rings is 1. The van der Waals surface area contributed by atoms with Gasteiger partial charge in [0.15, 0.2) is 0 Å². The fourth-order valence-corrected chi connectivity index (χ4v) is 5.05. The van der Waals surface area contributed by atoms with Crippen molar-refractivity contribution in [3.63, 3.8) is 0 Å². The van der Waals surface area contributed by atoms with Gasteiger partial charge < -0.3 is 19.3 Å². The average molecular weight is 503 g/mol. The van der Waals surface area contributed by atoms with Gasteiger partial charge in [0, 0.05) is 30.0 Å². The summed E-state index contributed by atoms with van der Waals surface area (Å²) < 4.78 is 11.2. The normalized spacial score (nSPS) is 20.4. The molecule has 9 nitrogen and oxygen atoms in total. The Morgan fingerprint density at radius 3 is 2.66 bits per heavy atom. The number of morpholine rings is 1. The highest BCUT2D eigenvalue weighted by Crippen LogP contribution is 2.33. The predicted molar refractivity (Wildman–Crippen MR) is 140 cm³/mol. The van der Waals surface area contributed by atoms with Crippen molar-refractivity contribution in [1.29, 1.82) is 0 Å². The number of fused-ring (bicyclic) bond motifs is 1. The molecule has 8 radical (unpaired) electrons. The number of nitrogens with one attached hydrogen (secondary N) is 1. The summed E-state index contributed by atoms with van der Waals surface area (Å²) in [6.07, 6.45) is 0.427. The number of ether oxygens (including phenoxy) is 2. The molecule has 2 atom stereocenters. The first-order valence-electron chi connectivity index (χ1n) is 12.2. The number of nitrogens with zero attached hydrogens (tertiary/aromatic N) is 2. The summed E-state index contributed by atoms with van der Waals surface area (Å²) >= 11 is 0. The zero-order valence-corrected chi connectivity index (χ0v) is 20.6. The van der Waals surface area contributed by atoms with E-state index >= 15 is 0 Å². The molecule has 2 fully saturated rings. The number of carbonyl (C=O) groups is 4. The molecule has 0 saturated carbocycles. The van der Waals surface area contributed by atoms with Gasteiger partial charge in [0.1, 0.15) is 56.4 Å². The third kappa shape index (κ3) is 4.64. The monoisotopic (exact) mass is 503 g/mol. The third-order valence-electron chi connectivity index (χ3n) is 7.17. The molecule has 2 aromatic carbocycles. The molecule has 0 aliphatic carbocycles. The lowest BCUT2D eigenvalue weighted by atomic mass is 9.67. The number of rotatable bonds is 6. The van der Waals surface area contributed by atoms with Gasteiger partial charge in [-0.25, -0.2) is 0 Å². The molecule has 0 bridgehead atoms. The first kappa shape index (κ1) is 26.2. The van der Waals surface area contributed by atoms with Crippen LogP contribution in [0.25, 0.3) is 0 Å². The van der Waals surface area contributed by atoms with Crippen LogP contribution in [0.4, 0.5) is 0 Å². The van der Waals surface area contributed by atoms with Crippen LogP contribution < -0.4 is 26.4 Å². The minimum atomic E-state index is -0.840. The second-order valence-corrected chi connectivity index (χ2v) is 9.42. The van der Waals surface area contributed by atoms with Crippen LogP contribution >= 0.6 is 0 Å². The van der Waals surface area contributed by atoms with Crippen molar-refractivity contribution in [1.82, 2.24) is 15.1 Å². The Hall–Kier alpha value is -3.46. The minimum Gasteiger partial charge on any atom is -0.489 e. The second-order valence-electron chi connectivity index (χ2n) is 9.42. The summed E-state index contributed by atoms with van der Waals surface area (Å²) in [6, 6.07) is 5.91. The highest BCUT2D eigenvalue weighted by molar-refractivity contribution is 6.52. The lowest BCUT2D eigenvalue weighted by Crippen LogP contribution is -2.52. The van der Waals surface area contributed by atoms with E-state index < -0.39 is 17.9 Å². The molecule has 13 heteroatoms. The topological polar surface area (TPSA) is 105 Å². The van der Waals surface area contributed by atoms with Crippen molar-refractivity contribution in [2.24, 2.45) is 0 Å². The largest absolute Gasteiger partial charge is 0.489 e. The van der Waals surface area contributed by atoms with E-state index in [4.69, 9.17) is 40.9 Å². The van der Waals surface area contributed by atoms with Crippen molar-refractivity contribution >= 4 is 71.4 Å². The quantitative estimate of drug-likeness (QED) is 0.344. The number of hydrogen-bond donors (Lipinski definition) is 1. The maximum Gasteiger partial charge on any atom is 0.255 e. The number of imide groups is 1. The Bertz CT molecular complexity index is 1350. The molecule has 38 heavy (non-hydrogen) atoms. The summed E-state index contributed by atoms with van der Waals surface area (Å²) in [5.74, 6) is -1.81. The molecule has 3 heterocycles. The molecule has 3 aliphatic heterocycles. The van der Waals surface area contributed by atoms with Gasteiger partial charge in [-0.05, 0) is 29.7 Å². The van der Waals surface area contributed by atoms with E-state index in [1.807, 2.05) is 0 Å². The molecule has 5 rings (SSSR count). The van der Waals surface area contributed by atoms with E-state index in [-0.39, 0.29) is 66.7 Å². The number of hydrogen-bond acceptors (Lipinski definition) is 6. The van der Waals surface area contributed by atoms with Crippen molar-refractivity contribution in [3.8, 4) is 5.75 Å². The Morgan fingerprint density at radius 2 is 1.92 bits per heavy atom. The molecule has 1 N–H and O–H groups in total. The summed E-state index contributed by atoms with van der Waals surface area (Å²) in [6.45, 7) is 0.732. The molecule has 4 amide bonds. The number of benzene rings is 2. The van der Waals surface area contributed by atoms with Crippen molar-refractivity contribution in [2.45, 2.75) is 38.0 Å². The Kier molecular flexibility index (Phi) is 7.13. The van der Waals surface area contributed by atoms with E-state index in [9.17, 15) is 19.2 Å². The van der Waals surface area contributed by atoms with Gasteiger partial charge >= 0.3 is 0 Å². The van der Waals surface area contributed by atoms with Crippen LogP contribution in [-0.2, 0) is 32.3 Å². The van der Waals surface area contributed by atoms with E-state index in [2.05, 4.69) is 5.32 Å². The van der Waals surface area contributed by atoms with Crippen molar-refractivity contribution in [3.05, 3.63) is 46.5 Å². The Morgan fingerprint density at radius 1 is 1.13 bits per heavy atom. The van der Waals surface area contributed by atoms with Gasteiger partial charge in [-0.1, -0.05) is 28.5 Å². The predicted octanol–water partition coefficient (Wildman–Crippen LogP) is -2.57. The Balaban J connectivity index is 1.35. The maximum absolute atomic E-state index is 13.1. The fraction of sp³-hybridized carbons (Fsp3) is 0.360. The van der Waals surface area contributed by atoms with Gasteiger partial charge in [-0.3, -0.25) is 24.5 Å². The van der Waals surface area contributed by atoms with Gasteiger partial charge in [0.2, 0.25) is 17.7 Å². The summed E-state index contributed by atoms with van der Waals surface area (Å²) in [7, 11) is 25.3. The molecule has 0 spiro atoms. The average Bonchev–Trinajstić information content (AvgIpc) is 3.23. The molecule has 2 aromatic rings. The van der Waals surface area contributed by atoms with Crippen LogP contribution in [0.2, 0.25) is 0 Å². The van der Waals surface area contributed by atoms with Crippen molar-refractivity contribution in [2.75, 3.05) is 19.8 Å². The summed E-state index contributed by atoms with van der Waals surface area (Å²) in [5, 5.41) is 2.29. The van der Waals surface area contributed by atoms with Gasteiger partial charge in [-0.15, -0.1) is 0 Å². The zero-order valence-electron chi connectivity index (χ0n) is 20.6. The van der Waals surface area contributed by atoms with Gasteiger partial charge in [-0.2, -0.15) is 0 Å². The zero-order chi connectivity index (χ0) is 27.1. The number of amides is 4. The highest BCUT2D eigenvalue weighted by atomic mass is 16.5. The van der Waals surface area contributed by atoms with E-state index in [1.165, 1.54) is 9.80 Å². The van der Waals surface area contributed by atoms with Crippen LogP contribution in [0, 0.1) is 0 Å². The first-order valence-corrected chi connectivity index (χ1v) is 12.2. The highest BCUT2D eigenvalue weighted by Gasteiger charge is 2.40. The summed E-state index contributed by atoms with van der Waals surface area (Å²) in [4.78, 5) is 52.1. The van der Waals surface area contributed by atoms with Gasteiger partial charge in [0.05, 0.1) is 13.2 Å². The van der Waals surface area contributed by atoms with Crippen molar-refractivity contribution < 1.29 is 28.7 Å². The lowest BCUT2D eigenvalue weighted by Gasteiger charge is -2.35. The van der Waals surface area contributed by atoms with Crippen LogP contribution in [0.15, 0.2) is 24.3 Å². The molecule has 2 saturated heterocycles. The molecular formula is C25H21B4N3O6. The molecule has 2 unspecified atom stereocenters. The Labute approximate surface area is 225 Å². The maximum atomic E-state index is 13.1. The smallest absolute Gasteiger partial charge is 0.255 e. The van der Waals surface area contributed by atoms with Crippen LogP contribution in [0.5, 0.6) is 5.75 Å². The van der Waals surface area contributed by atoms with E-state index in [0.29, 0.717) is 41.2 Å². The second kappa shape index (κ2) is 10.4. The molecule has 3 aliphatic rings. The standard InChI is InChI=1S/C25H21B4N3O6/c26-16-8-13(23(29)31-6-7-37-11-20(31)34)21(27)22(28)15(16)10-38-18-3-1-2-12-14(18)9-32(25(12)36)17-4-5-19(33)30-24(17)35/h1-3,8,17,23H,4-7,9-11H2,(H,30,33,35). The van der Waals surface area contributed by atoms with E-state index in [0.717, 1.165) is 0 Å². The van der Waals surface area contributed by atoms with E-state index in [1.54, 1.807) is 24.3 Å². The minimum absolute atomic E-state index is 0.0447.